The number of nitrogens with one attached hydrogen (secondary N) is 1. The molecule has 0 saturated heterocycles. The van der Waals surface area contributed by atoms with Gasteiger partial charge in [-0.2, -0.15) is 11.8 Å². The van der Waals surface area contributed by atoms with Crippen LogP contribution in [0, 0.1) is 5.92 Å². The third kappa shape index (κ3) is 5.49. The zero-order chi connectivity index (χ0) is 12.1. The van der Waals surface area contributed by atoms with E-state index >= 15 is 0 Å². The largest absolute Gasteiger partial charge is 0.352 e. The van der Waals surface area contributed by atoms with Crippen molar-refractivity contribution in [2.24, 2.45) is 11.7 Å². The van der Waals surface area contributed by atoms with Crippen LogP contribution in [0.1, 0.15) is 39.5 Å². The summed E-state index contributed by atoms with van der Waals surface area (Å²) in [5.74, 6) is 0.224. The minimum atomic E-state index is -0.366. The average Bonchev–Trinajstić information content (AvgIpc) is 2.28. The van der Waals surface area contributed by atoms with Gasteiger partial charge in [-0.05, 0) is 31.4 Å². The molecule has 0 aromatic rings. The summed E-state index contributed by atoms with van der Waals surface area (Å²) in [6.07, 6.45) is 6.84. The van der Waals surface area contributed by atoms with Gasteiger partial charge < -0.3 is 11.1 Å². The van der Waals surface area contributed by atoms with Gasteiger partial charge in [-0.15, -0.1) is 12.4 Å². The molecule has 5 heteroatoms. The molecular formula is C12H25ClN2OS. The Morgan fingerprint density at radius 2 is 2.06 bits per heavy atom. The normalized spacial score (nSPS) is 26.2. The first-order valence-corrected chi connectivity index (χ1v) is 7.42. The van der Waals surface area contributed by atoms with Crippen LogP contribution >= 0.6 is 24.2 Å². The molecule has 3 atom stereocenters. The summed E-state index contributed by atoms with van der Waals surface area (Å²) in [6.45, 7) is 3.96. The Hall–Kier alpha value is 0.0700. The highest BCUT2D eigenvalue weighted by Crippen LogP contribution is 2.26. The Balaban J connectivity index is 0.00000256. The van der Waals surface area contributed by atoms with E-state index in [1.54, 1.807) is 0 Å². The number of carbonyl (C=O) groups excluding carboxylic acids is 1. The number of hydrogen-bond acceptors (Lipinski definition) is 3. The lowest BCUT2D eigenvalue weighted by atomic mass is 9.94. The maximum Gasteiger partial charge on any atom is 0.237 e. The van der Waals surface area contributed by atoms with Crippen molar-refractivity contribution in [2.75, 3.05) is 6.26 Å². The summed E-state index contributed by atoms with van der Waals surface area (Å²) in [5, 5.41) is 3.79. The van der Waals surface area contributed by atoms with Crippen LogP contribution in [-0.4, -0.2) is 29.5 Å². The van der Waals surface area contributed by atoms with E-state index in [1.165, 1.54) is 12.8 Å². The second-order valence-electron chi connectivity index (χ2n) is 5.00. The highest BCUT2D eigenvalue weighted by Gasteiger charge is 2.25. The number of hydrogen-bond donors (Lipinski definition) is 2. The molecule has 1 aliphatic carbocycles. The van der Waals surface area contributed by atoms with Gasteiger partial charge in [0.1, 0.15) is 0 Å². The van der Waals surface area contributed by atoms with Gasteiger partial charge in [-0.1, -0.05) is 20.3 Å². The fourth-order valence-electron chi connectivity index (χ4n) is 2.09. The van der Waals surface area contributed by atoms with Crippen molar-refractivity contribution in [3.63, 3.8) is 0 Å². The number of rotatable bonds is 4. The number of halogens is 1. The zero-order valence-electron chi connectivity index (χ0n) is 10.9. The van der Waals surface area contributed by atoms with Crippen LogP contribution in [0.3, 0.4) is 0 Å². The molecule has 17 heavy (non-hydrogen) atoms. The average molecular weight is 281 g/mol. The predicted molar refractivity (Wildman–Crippen MR) is 77.8 cm³/mol. The lowest BCUT2D eigenvalue weighted by Gasteiger charge is -2.30. The molecule has 1 rings (SSSR count). The standard InChI is InChI=1S/C12H24N2OS.ClH/c1-8(2)11(13)12(15)14-9-5-4-6-10(7-9)16-3;/h8-11H,4-7,13H2,1-3H3,(H,14,15);1H. The van der Waals surface area contributed by atoms with Crippen LogP contribution in [0.5, 0.6) is 0 Å². The molecule has 3 nitrogen and oxygen atoms in total. The molecule has 102 valence electrons. The number of thioether (sulfide) groups is 1. The molecule has 3 unspecified atom stereocenters. The highest BCUT2D eigenvalue weighted by atomic mass is 35.5. The summed E-state index contributed by atoms with van der Waals surface area (Å²) in [6, 6.07) is -0.0295. The van der Waals surface area contributed by atoms with Gasteiger partial charge in [0.15, 0.2) is 0 Å². The summed E-state index contributed by atoms with van der Waals surface area (Å²) in [7, 11) is 0. The Morgan fingerprint density at radius 3 is 2.59 bits per heavy atom. The fourth-order valence-corrected chi connectivity index (χ4v) is 2.92. The molecule has 0 heterocycles. The maximum absolute atomic E-state index is 11.8. The summed E-state index contributed by atoms with van der Waals surface area (Å²) >= 11 is 1.91. The molecule has 0 spiro atoms. The Kier molecular flexibility index (Phi) is 8.25. The molecule has 0 bridgehead atoms. The molecule has 1 amide bonds. The second-order valence-corrected chi connectivity index (χ2v) is 6.14. The van der Waals surface area contributed by atoms with Crippen LogP contribution in [0.25, 0.3) is 0 Å². The first-order chi connectivity index (χ1) is 7.54. The minimum Gasteiger partial charge on any atom is -0.352 e. The second kappa shape index (κ2) is 8.22. The molecule has 0 aromatic carbocycles. The molecule has 3 N–H and O–H groups in total. The van der Waals surface area contributed by atoms with Gasteiger partial charge in [-0.3, -0.25) is 4.79 Å². The zero-order valence-corrected chi connectivity index (χ0v) is 12.6. The van der Waals surface area contributed by atoms with E-state index in [9.17, 15) is 4.79 Å². The maximum atomic E-state index is 11.8. The van der Waals surface area contributed by atoms with E-state index in [0.717, 1.165) is 12.8 Å². The van der Waals surface area contributed by atoms with Crippen molar-refractivity contribution >= 4 is 30.1 Å². The van der Waals surface area contributed by atoms with Gasteiger partial charge in [0.25, 0.3) is 0 Å². The first kappa shape index (κ1) is 17.1. The van der Waals surface area contributed by atoms with E-state index in [0.29, 0.717) is 11.3 Å². The quantitative estimate of drug-likeness (QED) is 0.830. The van der Waals surface area contributed by atoms with Gasteiger partial charge in [0.05, 0.1) is 6.04 Å². The van der Waals surface area contributed by atoms with Crippen LogP contribution < -0.4 is 11.1 Å². The molecule has 0 radical (unpaired) electrons. The van der Waals surface area contributed by atoms with Crippen molar-refractivity contribution in [3.8, 4) is 0 Å². The minimum absolute atomic E-state index is 0. The van der Waals surface area contributed by atoms with E-state index in [4.69, 9.17) is 5.73 Å². The smallest absolute Gasteiger partial charge is 0.237 e. The van der Waals surface area contributed by atoms with Crippen molar-refractivity contribution in [1.82, 2.24) is 5.32 Å². The Morgan fingerprint density at radius 1 is 1.41 bits per heavy atom. The van der Waals surface area contributed by atoms with Crippen molar-refractivity contribution in [3.05, 3.63) is 0 Å². The topological polar surface area (TPSA) is 55.1 Å². The monoisotopic (exact) mass is 280 g/mol. The molecule has 1 saturated carbocycles. The number of carbonyl (C=O) groups is 1. The summed E-state index contributed by atoms with van der Waals surface area (Å²) in [5.41, 5.74) is 5.83. The lowest BCUT2D eigenvalue weighted by molar-refractivity contribution is -0.124. The first-order valence-electron chi connectivity index (χ1n) is 6.13. The molecule has 0 aliphatic heterocycles. The van der Waals surface area contributed by atoms with Crippen LogP contribution in [0.4, 0.5) is 0 Å². The van der Waals surface area contributed by atoms with Crippen molar-refractivity contribution in [2.45, 2.75) is 56.9 Å². The number of nitrogens with two attached hydrogens (primary N) is 1. The highest BCUT2D eigenvalue weighted by molar-refractivity contribution is 7.99. The van der Waals surface area contributed by atoms with Gasteiger partial charge >= 0.3 is 0 Å². The van der Waals surface area contributed by atoms with E-state index in [1.807, 2.05) is 25.6 Å². The fraction of sp³-hybridized carbons (Fsp3) is 0.917. The molecule has 1 aliphatic rings. The Labute approximate surface area is 115 Å². The molecular weight excluding hydrogens is 256 g/mol. The third-order valence-corrected chi connectivity index (χ3v) is 4.42. The Bertz CT molecular complexity index is 239. The predicted octanol–water partition coefficient (Wildman–Crippen LogP) is 2.18. The third-order valence-electron chi connectivity index (χ3n) is 3.33. The van der Waals surface area contributed by atoms with Gasteiger partial charge in [-0.25, -0.2) is 0 Å². The molecule has 0 aromatic heterocycles. The summed E-state index contributed by atoms with van der Waals surface area (Å²) < 4.78 is 0. The van der Waals surface area contributed by atoms with E-state index in [-0.39, 0.29) is 30.3 Å². The van der Waals surface area contributed by atoms with Gasteiger partial charge in [0.2, 0.25) is 5.91 Å². The van der Waals surface area contributed by atoms with Crippen LogP contribution in [0.15, 0.2) is 0 Å². The van der Waals surface area contributed by atoms with E-state index < -0.39 is 0 Å². The number of amides is 1. The van der Waals surface area contributed by atoms with Crippen molar-refractivity contribution < 1.29 is 4.79 Å². The van der Waals surface area contributed by atoms with Crippen molar-refractivity contribution in [1.29, 1.82) is 0 Å². The van der Waals surface area contributed by atoms with Crippen LogP contribution in [0.2, 0.25) is 0 Å². The SMILES string of the molecule is CSC1CCCC(NC(=O)C(N)C(C)C)C1.Cl. The van der Waals surface area contributed by atoms with Crippen LogP contribution in [-0.2, 0) is 4.79 Å². The molecule has 1 fully saturated rings. The van der Waals surface area contributed by atoms with E-state index in [2.05, 4.69) is 11.6 Å². The summed E-state index contributed by atoms with van der Waals surface area (Å²) in [4.78, 5) is 11.8. The lowest BCUT2D eigenvalue weighted by Crippen LogP contribution is -2.49. The van der Waals surface area contributed by atoms with Gasteiger partial charge in [0, 0.05) is 11.3 Å².